The van der Waals surface area contributed by atoms with Crippen molar-refractivity contribution in [2.75, 3.05) is 46.0 Å². The van der Waals surface area contributed by atoms with Crippen molar-refractivity contribution in [2.24, 2.45) is 0 Å². The van der Waals surface area contributed by atoms with Gasteiger partial charge in [0.2, 0.25) is 0 Å². The summed E-state index contributed by atoms with van der Waals surface area (Å²) in [5, 5.41) is 11.3. The summed E-state index contributed by atoms with van der Waals surface area (Å²) in [6.45, 7) is 11.6. The number of amides is 1. The van der Waals surface area contributed by atoms with Crippen LogP contribution in [0.4, 0.5) is 0 Å². The van der Waals surface area contributed by atoms with E-state index in [2.05, 4.69) is 11.5 Å². The molecule has 2 saturated heterocycles. The van der Waals surface area contributed by atoms with Crippen molar-refractivity contribution in [1.82, 2.24) is 9.80 Å². The van der Waals surface area contributed by atoms with E-state index in [1.807, 2.05) is 26.0 Å². The zero-order valence-electron chi connectivity index (χ0n) is 21.4. The molecule has 1 N–H and O–H groups in total. The minimum atomic E-state index is -0.750. The molecule has 1 atom stereocenters. The Morgan fingerprint density at radius 1 is 1.11 bits per heavy atom. The topological polar surface area (TPSA) is 88.5 Å². The van der Waals surface area contributed by atoms with Crippen molar-refractivity contribution in [2.45, 2.75) is 26.0 Å². The second kappa shape index (κ2) is 12.1. The van der Waals surface area contributed by atoms with Gasteiger partial charge in [-0.3, -0.25) is 14.5 Å². The molecule has 0 bridgehead atoms. The number of hydrogen-bond donors (Lipinski definition) is 1. The van der Waals surface area contributed by atoms with Gasteiger partial charge in [-0.05, 0) is 55.8 Å². The van der Waals surface area contributed by atoms with Crippen LogP contribution in [-0.2, 0) is 14.3 Å². The number of aliphatic hydroxyl groups is 1. The van der Waals surface area contributed by atoms with E-state index in [0.29, 0.717) is 55.5 Å². The Kier molecular flexibility index (Phi) is 8.63. The van der Waals surface area contributed by atoms with Gasteiger partial charge in [0.05, 0.1) is 30.9 Å². The summed E-state index contributed by atoms with van der Waals surface area (Å²) in [6.07, 6.45) is 1.65. The molecule has 37 heavy (non-hydrogen) atoms. The zero-order valence-corrected chi connectivity index (χ0v) is 21.4. The SMILES string of the molecule is C=CCOc1cccc([C@@H]2C(=C(O)c3ccc(OC(C)C)cc3)C(=O)C(=O)N2CCN2CCOCC2)c1. The number of aliphatic hydroxyl groups excluding tert-OH is 1. The fourth-order valence-corrected chi connectivity index (χ4v) is 4.58. The molecule has 2 aliphatic heterocycles. The van der Waals surface area contributed by atoms with Gasteiger partial charge in [0.25, 0.3) is 11.7 Å². The first-order chi connectivity index (χ1) is 17.9. The highest BCUT2D eigenvalue weighted by molar-refractivity contribution is 6.46. The first kappa shape index (κ1) is 26.4. The maximum absolute atomic E-state index is 13.3. The van der Waals surface area contributed by atoms with Crippen molar-refractivity contribution in [3.8, 4) is 11.5 Å². The van der Waals surface area contributed by atoms with Gasteiger partial charge >= 0.3 is 0 Å². The van der Waals surface area contributed by atoms with E-state index in [-0.39, 0.29) is 17.4 Å². The number of carbonyl (C=O) groups is 2. The van der Waals surface area contributed by atoms with Gasteiger partial charge in [0, 0.05) is 31.7 Å². The monoisotopic (exact) mass is 506 g/mol. The molecule has 2 aliphatic rings. The van der Waals surface area contributed by atoms with Gasteiger partial charge in [0.15, 0.2) is 0 Å². The average molecular weight is 507 g/mol. The molecule has 1 amide bonds. The van der Waals surface area contributed by atoms with E-state index < -0.39 is 17.7 Å². The molecule has 0 aliphatic carbocycles. The molecule has 0 unspecified atom stereocenters. The fourth-order valence-electron chi connectivity index (χ4n) is 4.58. The minimum absolute atomic E-state index is 0.00632. The number of benzene rings is 2. The molecule has 0 aromatic heterocycles. The summed E-state index contributed by atoms with van der Waals surface area (Å²) in [5.74, 6) is -0.306. The van der Waals surface area contributed by atoms with Crippen molar-refractivity contribution in [3.05, 3.63) is 77.9 Å². The third kappa shape index (κ3) is 6.21. The summed E-state index contributed by atoms with van der Waals surface area (Å²) in [5.41, 5.74) is 1.18. The summed E-state index contributed by atoms with van der Waals surface area (Å²) in [7, 11) is 0. The van der Waals surface area contributed by atoms with Gasteiger partial charge in [-0.25, -0.2) is 0 Å². The predicted molar refractivity (Wildman–Crippen MR) is 141 cm³/mol. The van der Waals surface area contributed by atoms with Crippen LogP contribution in [0.15, 0.2) is 66.8 Å². The number of ketones is 1. The summed E-state index contributed by atoms with van der Waals surface area (Å²) >= 11 is 0. The standard InChI is InChI=1S/C29H34N2O6/c1-4-16-36-24-7-5-6-22(19-24)26-25(27(32)21-8-10-23(11-9-21)37-20(2)3)28(33)29(34)31(26)13-12-30-14-17-35-18-15-30/h4-11,19-20,26,32H,1,12-18H2,2-3H3/t26-/m1/s1. The number of rotatable bonds is 10. The third-order valence-electron chi connectivity index (χ3n) is 6.34. The van der Waals surface area contributed by atoms with E-state index in [1.165, 1.54) is 0 Å². The fraction of sp³-hybridized carbons (Fsp3) is 0.379. The molecule has 2 aromatic rings. The lowest BCUT2D eigenvalue weighted by molar-refractivity contribution is -0.140. The van der Waals surface area contributed by atoms with Gasteiger partial charge in [0.1, 0.15) is 23.9 Å². The molecule has 2 fully saturated rings. The Hall–Kier alpha value is -3.62. The average Bonchev–Trinajstić information content (AvgIpc) is 3.16. The first-order valence-corrected chi connectivity index (χ1v) is 12.6. The number of Topliss-reactive ketones (excluding diaryl/α,β-unsaturated/α-hetero) is 1. The van der Waals surface area contributed by atoms with Crippen LogP contribution in [0.25, 0.3) is 5.76 Å². The Morgan fingerprint density at radius 2 is 1.84 bits per heavy atom. The van der Waals surface area contributed by atoms with E-state index in [9.17, 15) is 14.7 Å². The molecule has 2 heterocycles. The quantitative estimate of drug-likeness (QED) is 0.227. The van der Waals surface area contributed by atoms with Crippen molar-refractivity contribution in [3.63, 3.8) is 0 Å². The molecule has 0 spiro atoms. The summed E-state index contributed by atoms with van der Waals surface area (Å²) in [4.78, 5) is 30.3. The summed E-state index contributed by atoms with van der Waals surface area (Å²) < 4.78 is 16.8. The predicted octanol–water partition coefficient (Wildman–Crippen LogP) is 3.79. The molecule has 196 valence electrons. The van der Waals surface area contributed by atoms with Gasteiger partial charge in [-0.2, -0.15) is 0 Å². The largest absolute Gasteiger partial charge is 0.507 e. The van der Waals surface area contributed by atoms with Crippen LogP contribution in [0.5, 0.6) is 11.5 Å². The third-order valence-corrected chi connectivity index (χ3v) is 6.34. The lowest BCUT2D eigenvalue weighted by Crippen LogP contribution is -2.42. The van der Waals surface area contributed by atoms with Gasteiger partial charge in [-0.1, -0.05) is 24.8 Å². The molecule has 8 nitrogen and oxygen atoms in total. The second-order valence-corrected chi connectivity index (χ2v) is 9.31. The van der Waals surface area contributed by atoms with Crippen LogP contribution < -0.4 is 9.47 Å². The summed E-state index contributed by atoms with van der Waals surface area (Å²) in [6, 6.07) is 13.4. The van der Waals surface area contributed by atoms with Crippen LogP contribution in [0.2, 0.25) is 0 Å². The Morgan fingerprint density at radius 3 is 2.51 bits per heavy atom. The molecule has 8 heteroatoms. The van der Waals surface area contributed by atoms with Gasteiger partial charge < -0.3 is 24.2 Å². The number of ether oxygens (including phenoxy) is 3. The molecule has 4 rings (SSSR count). The minimum Gasteiger partial charge on any atom is -0.507 e. The Labute approximate surface area is 217 Å². The highest BCUT2D eigenvalue weighted by Gasteiger charge is 2.46. The maximum Gasteiger partial charge on any atom is 0.295 e. The maximum atomic E-state index is 13.3. The van der Waals surface area contributed by atoms with E-state index >= 15 is 0 Å². The molecule has 0 saturated carbocycles. The van der Waals surface area contributed by atoms with E-state index in [4.69, 9.17) is 14.2 Å². The number of hydrogen-bond acceptors (Lipinski definition) is 7. The highest BCUT2D eigenvalue weighted by atomic mass is 16.5. The lowest BCUT2D eigenvalue weighted by Gasteiger charge is -2.31. The molecule has 0 radical (unpaired) electrons. The van der Waals surface area contributed by atoms with Crippen LogP contribution in [0.3, 0.4) is 0 Å². The number of morpholine rings is 1. The van der Waals surface area contributed by atoms with Crippen LogP contribution >= 0.6 is 0 Å². The molecule has 2 aromatic carbocycles. The number of likely N-dealkylation sites (tertiary alicyclic amines) is 1. The zero-order chi connectivity index (χ0) is 26.4. The lowest BCUT2D eigenvalue weighted by atomic mass is 9.95. The van der Waals surface area contributed by atoms with E-state index in [0.717, 1.165) is 13.1 Å². The van der Waals surface area contributed by atoms with Crippen molar-refractivity contribution >= 4 is 17.4 Å². The van der Waals surface area contributed by atoms with Crippen LogP contribution in [0.1, 0.15) is 31.0 Å². The van der Waals surface area contributed by atoms with E-state index in [1.54, 1.807) is 47.4 Å². The first-order valence-electron chi connectivity index (χ1n) is 12.6. The van der Waals surface area contributed by atoms with Crippen molar-refractivity contribution in [1.29, 1.82) is 0 Å². The van der Waals surface area contributed by atoms with Crippen molar-refractivity contribution < 1.29 is 28.9 Å². The highest BCUT2D eigenvalue weighted by Crippen LogP contribution is 2.40. The second-order valence-electron chi connectivity index (χ2n) is 9.31. The molecular formula is C29H34N2O6. The normalized spacial score (nSPS) is 19.9. The number of carbonyl (C=O) groups excluding carboxylic acids is 2. The molecular weight excluding hydrogens is 472 g/mol. The number of nitrogens with zero attached hydrogens (tertiary/aromatic N) is 2. The van der Waals surface area contributed by atoms with Crippen LogP contribution in [-0.4, -0.2) is 78.7 Å². The smallest absolute Gasteiger partial charge is 0.295 e. The Balaban J connectivity index is 1.71. The Bertz CT molecular complexity index is 1150. The van der Waals surface area contributed by atoms with Gasteiger partial charge in [-0.15, -0.1) is 0 Å². The van der Waals surface area contributed by atoms with Crippen LogP contribution in [0, 0.1) is 0 Å².